The summed E-state index contributed by atoms with van der Waals surface area (Å²) in [6.45, 7) is 0.0849. The van der Waals surface area contributed by atoms with Crippen LogP contribution in [0.5, 0.6) is 0 Å². The lowest BCUT2D eigenvalue weighted by atomic mass is 10.3. The van der Waals surface area contributed by atoms with Gasteiger partial charge in [0.05, 0.1) is 17.0 Å². The lowest BCUT2D eigenvalue weighted by molar-refractivity contribution is 0.321. The molecule has 2 aromatic carbocycles. The van der Waals surface area contributed by atoms with Crippen LogP contribution in [0.1, 0.15) is 0 Å². The maximum Gasteiger partial charge on any atom is 0.268 e. The molecule has 4 nitrogen and oxygen atoms in total. The van der Waals surface area contributed by atoms with Gasteiger partial charge in [0.2, 0.25) is 0 Å². The van der Waals surface area contributed by atoms with Crippen molar-refractivity contribution in [3.8, 4) is 0 Å². The topological polar surface area (TPSA) is 59.3 Å². The highest BCUT2D eigenvalue weighted by molar-refractivity contribution is 7.90. The summed E-state index contributed by atoms with van der Waals surface area (Å²) in [4.78, 5) is 0.298. The van der Waals surface area contributed by atoms with Crippen molar-refractivity contribution >= 4 is 32.5 Å². The van der Waals surface area contributed by atoms with E-state index in [1.165, 1.54) is 3.97 Å². The number of alkyl halides is 1. The lowest BCUT2D eigenvalue weighted by Gasteiger charge is -2.07. The highest BCUT2D eigenvalue weighted by atomic mass is 35.5. The van der Waals surface area contributed by atoms with E-state index in [0.29, 0.717) is 16.3 Å². The van der Waals surface area contributed by atoms with Crippen LogP contribution in [0.25, 0.3) is 10.9 Å². The van der Waals surface area contributed by atoms with Crippen LogP contribution in [0.4, 0.5) is 0 Å². The molecule has 0 bridgehead atoms. The molecule has 0 unspecified atom stereocenters. The number of nitrogens with zero attached hydrogens (tertiary/aromatic N) is 1. The molecule has 3 rings (SSSR count). The van der Waals surface area contributed by atoms with E-state index in [4.69, 9.17) is 16.7 Å². The number of hydrogen-bond acceptors (Lipinski definition) is 3. The molecule has 0 aliphatic rings. The number of benzene rings is 2. The number of para-hydroxylation sites is 1. The van der Waals surface area contributed by atoms with Gasteiger partial charge in [-0.3, -0.25) is 0 Å². The van der Waals surface area contributed by atoms with Crippen molar-refractivity contribution in [2.75, 3.05) is 12.5 Å². The Morgan fingerprint density at radius 3 is 2.18 bits per heavy atom. The molecule has 0 saturated heterocycles. The lowest BCUT2D eigenvalue weighted by Crippen LogP contribution is -2.11. The maximum atomic E-state index is 12.5. The van der Waals surface area contributed by atoms with Gasteiger partial charge in [0.1, 0.15) is 0 Å². The molecule has 3 aromatic rings. The van der Waals surface area contributed by atoms with Crippen LogP contribution in [0.2, 0.25) is 0 Å². The third-order valence-electron chi connectivity index (χ3n) is 2.95. The monoisotopic (exact) mass is 337 g/mol. The molecule has 1 N–H and O–H groups in total. The zero-order valence-electron chi connectivity index (χ0n) is 11.8. The summed E-state index contributed by atoms with van der Waals surface area (Å²) in [6.07, 6.45) is 1.59. The molecule has 0 radical (unpaired) electrons. The Bertz CT molecular complexity index is 827. The predicted octanol–water partition coefficient (Wildman–Crippen LogP) is 3.10. The maximum absolute atomic E-state index is 12.5. The molecule has 0 atom stereocenters. The van der Waals surface area contributed by atoms with Gasteiger partial charge in [-0.1, -0.05) is 36.4 Å². The first kappa shape index (κ1) is 16.5. The van der Waals surface area contributed by atoms with Crippen LogP contribution < -0.4 is 0 Å². The molecule has 0 aliphatic carbocycles. The smallest absolute Gasteiger partial charge is 0.268 e. The third kappa shape index (κ3) is 3.50. The van der Waals surface area contributed by atoms with Gasteiger partial charge in [0.25, 0.3) is 10.0 Å². The Morgan fingerprint density at radius 1 is 0.955 bits per heavy atom. The minimum Gasteiger partial charge on any atom is -0.395 e. The van der Waals surface area contributed by atoms with Crippen LogP contribution in [-0.4, -0.2) is 30.0 Å². The van der Waals surface area contributed by atoms with Crippen LogP contribution in [0.15, 0.2) is 71.8 Å². The summed E-state index contributed by atoms with van der Waals surface area (Å²) < 4.78 is 26.3. The van der Waals surface area contributed by atoms with E-state index >= 15 is 0 Å². The van der Waals surface area contributed by atoms with Crippen molar-refractivity contribution < 1.29 is 13.5 Å². The van der Waals surface area contributed by atoms with Crippen LogP contribution >= 0.6 is 11.6 Å². The van der Waals surface area contributed by atoms with Crippen molar-refractivity contribution in [2.45, 2.75) is 4.90 Å². The zero-order valence-corrected chi connectivity index (χ0v) is 13.3. The van der Waals surface area contributed by atoms with E-state index in [2.05, 4.69) is 0 Å². The molecule has 1 aromatic heterocycles. The van der Waals surface area contributed by atoms with Crippen molar-refractivity contribution in [2.24, 2.45) is 0 Å². The zero-order chi connectivity index (χ0) is 16.0. The van der Waals surface area contributed by atoms with E-state index in [1.54, 1.807) is 48.7 Å². The Hall–Kier alpha value is -1.82. The molecular formula is C16H16ClNO3S. The van der Waals surface area contributed by atoms with Crippen molar-refractivity contribution in [3.05, 3.63) is 66.9 Å². The van der Waals surface area contributed by atoms with Crippen LogP contribution in [0.3, 0.4) is 0 Å². The Morgan fingerprint density at radius 2 is 1.55 bits per heavy atom. The Labute approximate surface area is 134 Å². The molecule has 0 aliphatic heterocycles. The van der Waals surface area contributed by atoms with Crippen molar-refractivity contribution in [1.29, 1.82) is 0 Å². The minimum absolute atomic E-state index is 0.0849. The summed E-state index contributed by atoms with van der Waals surface area (Å²) in [7, 11) is -3.51. The second-order valence-corrected chi connectivity index (χ2v) is 6.59. The first-order valence-corrected chi connectivity index (χ1v) is 8.62. The highest BCUT2D eigenvalue weighted by Crippen LogP contribution is 2.21. The quantitative estimate of drug-likeness (QED) is 0.747. The predicted molar refractivity (Wildman–Crippen MR) is 88.8 cm³/mol. The average Bonchev–Trinajstić information content (AvgIpc) is 3.01. The standard InChI is InChI=1S/C14H11NO2S.C2H5ClO/c16-18(17,13-7-2-1-3-8-13)15-11-10-12-6-4-5-9-14(12)15;3-1-2-4/h1-11H;4H,1-2H2. The Kier molecular flexibility index (Phi) is 5.60. The number of aromatic nitrogens is 1. The summed E-state index contributed by atoms with van der Waals surface area (Å²) in [5, 5.41) is 8.66. The van der Waals surface area contributed by atoms with E-state index in [0.717, 1.165) is 5.39 Å². The minimum atomic E-state index is -3.51. The number of aliphatic hydroxyl groups excluding tert-OH is 1. The average molecular weight is 338 g/mol. The summed E-state index contributed by atoms with van der Waals surface area (Å²) >= 11 is 4.94. The molecule has 116 valence electrons. The van der Waals surface area contributed by atoms with Crippen LogP contribution in [-0.2, 0) is 10.0 Å². The number of fused-ring (bicyclic) bond motifs is 1. The van der Waals surface area contributed by atoms with Gasteiger partial charge in [-0.05, 0) is 24.3 Å². The molecule has 6 heteroatoms. The molecule has 1 heterocycles. The Balaban J connectivity index is 0.000000396. The fourth-order valence-corrected chi connectivity index (χ4v) is 3.35. The number of hydrogen-bond donors (Lipinski definition) is 1. The molecule has 0 fully saturated rings. The fraction of sp³-hybridized carbons (Fsp3) is 0.125. The van der Waals surface area contributed by atoms with Crippen molar-refractivity contribution in [1.82, 2.24) is 3.97 Å². The summed E-state index contributed by atoms with van der Waals surface area (Å²) in [6, 6.07) is 17.7. The van der Waals surface area contributed by atoms with E-state index < -0.39 is 10.0 Å². The van der Waals surface area contributed by atoms with Gasteiger partial charge >= 0.3 is 0 Å². The van der Waals surface area contributed by atoms with Crippen molar-refractivity contribution in [3.63, 3.8) is 0 Å². The molecule has 0 amide bonds. The van der Waals surface area contributed by atoms with Gasteiger partial charge in [0, 0.05) is 17.5 Å². The second kappa shape index (κ2) is 7.45. The number of rotatable bonds is 3. The van der Waals surface area contributed by atoms with E-state index in [1.807, 2.05) is 18.2 Å². The van der Waals surface area contributed by atoms with Gasteiger partial charge in [0.15, 0.2) is 0 Å². The fourth-order valence-electron chi connectivity index (χ4n) is 1.97. The first-order valence-electron chi connectivity index (χ1n) is 6.65. The van der Waals surface area contributed by atoms with Gasteiger partial charge in [-0.25, -0.2) is 12.4 Å². The highest BCUT2D eigenvalue weighted by Gasteiger charge is 2.17. The molecular weight excluding hydrogens is 322 g/mol. The van der Waals surface area contributed by atoms with Gasteiger partial charge in [-0.15, -0.1) is 11.6 Å². The second-order valence-electron chi connectivity index (χ2n) is 4.40. The molecule has 0 saturated carbocycles. The largest absolute Gasteiger partial charge is 0.395 e. The van der Waals surface area contributed by atoms with Gasteiger partial charge < -0.3 is 5.11 Å². The number of halogens is 1. The SMILES string of the molecule is O=S(=O)(c1ccccc1)n1ccc2ccccc21.OCCCl. The van der Waals surface area contributed by atoms with Crippen LogP contribution in [0, 0.1) is 0 Å². The summed E-state index contributed by atoms with van der Waals surface area (Å²) in [5.41, 5.74) is 0.696. The van der Waals surface area contributed by atoms with Gasteiger partial charge in [-0.2, -0.15) is 0 Å². The summed E-state index contributed by atoms with van der Waals surface area (Å²) in [5.74, 6) is 0.347. The molecule has 0 spiro atoms. The normalized spacial score (nSPS) is 11.0. The first-order chi connectivity index (χ1) is 10.6. The van der Waals surface area contributed by atoms with E-state index in [-0.39, 0.29) is 6.61 Å². The molecule has 22 heavy (non-hydrogen) atoms. The third-order valence-corrected chi connectivity index (χ3v) is 4.82. The number of aliphatic hydroxyl groups is 1. The van der Waals surface area contributed by atoms with E-state index in [9.17, 15) is 8.42 Å².